The third kappa shape index (κ3) is 5.61. The fraction of sp³-hybridized carbons (Fsp3) is 0.182. The zero-order chi connectivity index (χ0) is 20.9. The van der Waals surface area contributed by atoms with Crippen molar-refractivity contribution in [2.75, 3.05) is 25.3 Å². The second-order valence-corrected chi connectivity index (χ2v) is 8.31. The fourth-order valence-corrected chi connectivity index (χ4v) is 3.55. The minimum absolute atomic E-state index is 0.160. The van der Waals surface area contributed by atoms with E-state index >= 15 is 0 Å². The Bertz CT molecular complexity index is 918. The summed E-state index contributed by atoms with van der Waals surface area (Å²) < 4.78 is 21.6. The molecule has 3 rings (SSSR count). The van der Waals surface area contributed by atoms with Crippen molar-refractivity contribution in [3.63, 3.8) is 0 Å². The van der Waals surface area contributed by atoms with E-state index < -0.39 is 7.60 Å². The van der Waals surface area contributed by atoms with Crippen molar-refractivity contribution in [2.24, 2.45) is 0 Å². The maximum Gasteiger partial charge on any atom is 0.325 e. The highest BCUT2D eigenvalue weighted by Crippen LogP contribution is 2.37. The van der Waals surface area contributed by atoms with Gasteiger partial charge in [-0.1, -0.05) is 12.1 Å². The van der Waals surface area contributed by atoms with Crippen LogP contribution >= 0.6 is 7.60 Å². The van der Waals surface area contributed by atoms with Gasteiger partial charge in [-0.15, -0.1) is 0 Å². The lowest BCUT2D eigenvalue weighted by molar-refractivity contribution is 0.373. The number of nitrogens with zero attached hydrogens (tertiary/aromatic N) is 1. The molecule has 7 heteroatoms. The summed E-state index contributed by atoms with van der Waals surface area (Å²) in [6, 6.07) is 23.2. The van der Waals surface area contributed by atoms with E-state index in [1.54, 1.807) is 14.2 Å². The number of hydrogen-bond donors (Lipinski definition) is 2. The third-order valence-corrected chi connectivity index (χ3v) is 5.35. The molecule has 0 amide bonds. The predicted molar refractivity (Wildman–Crippen MR) is 115 cm³/mol. The van der Waals surface area contributed by atoms with E-state index in [0.717, 1.165) is 34.1 Å². The molecule has 29 heavy (non-hydrogen) atoms. The molecule has 0 unspecified atom stereocenters. The first-order chi connectivity index (χ1) is 13.9. The molecule has 0 spiro atoms. The Morgan fingerprint density at radius 3 is 1.45 bits per heavy atom. The first-order valence-corrected chi connectivity index (χ1v) is 10.9. The molecular weight excluding hydrogens is 389 g/mol. The topological polar surface area (TPSA) is 79.2 Å². The van der Waals surface area contributed by atoms with E-state index in [2.05, 4.69) is 4.90 Å². The molecule has 0 heterocycles. The molecule has 0 aliphatic carbocycles. The molecule has 0 saturated carbocycles. The minimum Gasteiger partial charge on any atom is -0.497 e. The zero-order valence-electron chi connectivity index (χ0n) is 16.4. The molecule has 0 bridgehead atoms. The van der Waals surface area contributed by atoms with Crippen molar-refractivity contribution in [1.82, 2.24) is 0 Å². The van der Waals surface area contributed by atoms with E-state index in [4.69, 9.17) is 19.3 Å². The maximum atomic E-state index is 11.1. The van der Waals surface area contributed by atoms with E-state index in [9.17, 15) is 4.57 Å². The van der Waals surface area contributed by atoms with E-state index in [1.165, 1.54) is 0 Å². The largest absolute Gasteiger partial charge is 0.497 e. The second-order valence-electron chi connectivity index (χ2n) is 6.54. The Kier molecular flexibility index (Phi) is 6.60. The van der Waals surface area contributed by atoms with Crippen LogP contribution in [0.5, 0.6) is 11.5 Å². The molecule has 0 aromatic heterocycles. The molecule has 0 radical (unpaired) electrons. The minimum atomic E-state index is -4.01. The lowest BCUT2D eigenvalue weighted by atomic mass is 10.1. The molecule has 0 atom stereocenters. The summed E-state index contributed by atoms with van der Waals surface area (Å²) >= 11 is 0. The smallest absolute Gasteiger partial charge is 0.325 e. The number of hydrogen-bond acceptors (Lipinski definition) is 4. The zero-order valence-corrected chi connectivity index (χ0v) is 17.3. The summed E-state index contributed by atoms with van der Waals surface area (Å²) in [6.45, 7) is 0. The fourth-order valence-electron chi connectivity index (χ4n) is 3.00. The molecule has 0 fully saturated rings. The van der Waals surface area contributed by atoms with Crippen LogP contribution in [0.25, 0.3) is 0 Å². The van der Waals surface area contributed by atoms with Crippen molar-refractivity contribution in [3.8, 4) is 11.5 Å². The van der Waals surface area contributed by atoms with Gasteiger partial charge in [0.2, 0.25) is 0 Å². The highest BCUT2D eigenvalue weighted by atomic mass is 31.2. The lowest BCUT2D eigenvalue weighted by Crippen LogP contribution is -2.10. The van der Waals surface area contributed by atoms with Crippen LogP contribution in [0.2, 0.25) is 0 Å². The SMILES string of the molecule is COc1ccc(N(c2ccc(CCP(=O)(O)O)cc2)c2ccc(OC)cc2)cc1. The quantitative estimate of drug-likeness (QED) is 0.512. The van der Waals surface area contributed by atoms with Gasteiger partial charge in [-0.3, -0.25) is 4.57 Å². The Balaban J connectivity index is 1.94. The first kappa shape index (κ1) is 20.9. The van der Waals surface area contributed by atoms with Crippen LogP contribution in [-0.4, -0.2) is 30.2 Å². The number of aryl methyl sites for hydroxylation is 1. The van der Waals surface area contributed by atoms with Crippen molar-refractivity contribution in [3.05, 3.63) is 78.4 Å². The Hall–Kier alpha value is -2.79. The molecule has 2 N–H and O–H groups in total. The van der Waals surface area contributed by atoms with Gasteiger partial charge in [-0.2, -0.15) is 0 Å². The number of rotatable bonds is 8. The van der Waals surface area contributed by atoms with Gasteiger partial charge in [0.25, 0.3) is 0 Å². The van der Waals surface area contributed by atoms with Crippen molar-refractivity contribution in [1.29, 1.82) is 0 Å². The molecule has 152 valence electrons. The molecule has 0 saturated heterocycles. The second kappa shape index (κ2) is 9.14. The van der Waals surface area contributed by atoms with Crippen molar-refractivity contribution >= 4 is 24.7 Å². The summed E-state index contributed by atoms with van der Waals surface area (Å²) in [5, 5.41) is 0. The average molecular weight is 413 g/mol. The third-order valence-electron chi connectivity index (χ3n) is 4.55. The number of methoxy groups -OCH3 is 2. The first-order valence-electron chi connectivity index (χ1n) is 9.11. The Labute approximate surface area is 170 Å². The summed E-state index contributed by atoms with van der Waals surface area (Å²) in [6.07, 6.45) is 0.169. The van der Waals surface area contributed by atoms with Crippen molar-refractivity contribution in [2.45, 2.75) is 6.42 Å². The summed E-state index contributed by atoms with van der Waals surface area (Å²) in [4.78, 5) is 20.3. The summed E-state index contributed by atoms with van der Waals surface area (Å²) in [5.74, 6) is 1.55. The van der Waals surface area contributed by atoms with Gasteiger partial charge in [0, 0.05) is 17.1 Å². The molecule has 6 nitrogen and oxygen atoms in total. The highest BCUT2D eigenvalue weighted by molar-refractivity contribution is 7.51. The average Bonchev–Trinajstić information content (AvgIpc) is 2.74. The number of anilines is 3. The summed E-state index contributed by atoms with van der Waals surface area (Å²) in [5.41, 5.74) is 3.72. The van der Waals surface area contributed by atoms with Crippen LogP contribution in [0.1, 0.15) is 5.56 Å². The molecule has 3 aromatic carbocycles. The van der Waals surface area contributed by atoms with Crippen LogP contribution in [0.15, 0.2) is 72.8 Å². The summed E-state index contributed by atoms with van der Waals surface area (Å²) in [7, 11) is -0.744. The van der Waals surface area contributed by atoms with Gasteiger partial charge in [0.05, 0.1) is 20.4 Å². The van der Waals surface area contributed by atoms with Crippen LogP contribution in [-0.2, 0) is 11.0 Å². The Morgan fingerprint density at radius 2 is 1.10 bits per heavy atom. The molecule has 0 aliphatic heterocycles. The monoisotopic (exact) mass is 413 g/mol. The van der Waals surface area contributed by atoms with Crippen LogP contribution < -0.4 is 14.4 Å². The molecule has 3 aromatic rings. The normalized spacial score (nSPS) is 11.2. The van der Waals surface area contributed by atoms with Crippen LogP contribution in [0.3, 0.4) is 0 Å². The lowest BCUT2D eigenvalue weighted by Gasteiger charge is -2.26. The maximum absolute atomic E-state index is 11.1. The van der Waals surface area contributed by atoms with Crippen molar-refractivity contribution < 1.29 is 23.8 Å². The van der Waals surface area contributed by atoms with E-state index in [-0.39, 0.29) is 6.16 Å². The molecule has 0 aliphatic rings. The van der Waals surface area contributed by atoms with Gasteiger partial charge < -0.3 is 24.2 Å². The Morgan fingerprint density at radius 1 is 0.724 bits per heavy atom. The van der Waals surface area contributed by atoms with Crippen LogP contribution in [0, 0.1) is 0 Å². The highest BCUT2D eigenvalue weighted by Gasteiger charge is 2.15. The van der Waals surface area contributed by atoms with E-state index in [1.807, 2.05) is 72.8 Å². The molecular formula is C22H24NO5P. The van der Waals surface area contributed by atoms with Gasteiger partial charge >= 0.3 is 7.60 Å². The standard InChI is InChI=1S/C22H24NO5P/c1-27-21-11-7-19(8-12-21)23(20-9-13-22(28-2)14-10-20)18-5-3-17(4-6-18)15-16-29(24,25)26/h3-14H,15-16H2,1-2H3,(H2,24,25,26). The van der Waals surface area contributed by atoms with Gasteiger partial charge in [0.15, 0.2) is 0 Å². The number of benzene rings is 3. The van der Waals surface area contributed by atoms with Gasteiger partial charge in [0.1, 0.15) is 11.5 Å². The van der Waals surface area contributed by atoms with Gasteiger partial charge in [-0.25, -0.2) is 0 Å². The van der Waals surface area contributed by atoms with Crippen LogP contribution in [0.4, 0.5) is 17.1 Å². The predicted octanol–water partition coefficient (Wildman–Crippen LogP) is 4.89. The van der Waals surface area contributed by atoms with E-state index in [0.29, 0.717) is 6.42 Å². The number of ether oxygens (including phenoxy) is 2. The van der Waals surface area contributed by atoms with Gasteiger partial charge in [-0.05, 0) is 72.6 Å².